The molecule has 0 heterocycles. The van der Waals surface area contributed by atoms with Crippen molar-refractivity contribution >= 4 is 22.6 Å². The number of ether oxygens (including phenoxy) is 4. The molecule has 0 atom stereocenters. The number of hydrogen-bond acceptors (Lipinski definition) is 5. The lowest BCUT2D eigenvalue weighted by molar-refractivity contribution is 0.0185. The summed E-state index contributed by atoms with van der Waals surface area (Å²) in [5, 5.41) is 9.35. The van der Waals surface area contributed by atoms with Crippen molar-refractivity contribution in [1.29, 1.82) is 0 Å². The van der Waals surface area contributed by atoms with E-state index in [9.17, 15) is 5.11 Å². The van der Waals surface area contributed by atoms with Crippen LogP contribution in [0.4, 0.5) is 0 Å². The maximum atomic E-state index is 9.35. The van der Waals surface area contributed by atoms with Crippen molar-refractivity contribution in [3.05, 3.63) is 21.3 Å². The van der Waals surface area contributed by atoms with E-state index in [0.717, 1.165) is 3.57 Å². The number of halogens is 1. The van der Waals surface area contributed by atoms with E-state index in [1.54, 1.807) is 6.07 Å². The third-order valence-corrected chi connectivity index (χ3v) is 3.13. The van der Waals surface area contributed by atoms with Crippen molar-refractivity contribution < 1.29 is 24.1 Å². The van der Waals surface area contributed by atoms with Gasteiger partial charge in [0.2, 0.25) is 0 Å². The van der Waals surface area contributed by atoms with Crippen LogP contribution in [-0.4, -0.2) is 31.9 Å². The quantitative estimate of drug-likeness (QED) is 0.404. The molecule has 0 aliphatic rings. The Kier molecular flexibility index (Phi) is 8.11. The summed E-state index contributed by atoms with van der Waals surface area (Å²) in [6.45, 7) is 5.21. The molecule has 1 aromatic rings. The Morgan fingerprint density at radius 3 is 2.11 bits per heavy atom. The van der Waals surface area contributed by atoms with Gasteiger partial charge in [0, 0.05) is 18.8 Å². The largest absolute Gasteiger partial charge is 0.467 e. The first kappa shape index (κ1) is 16.5. The first-order valence-electron chi connectivity index (χ1n) is 6.07. The van der Waals surface area contributed by atoms with Crippen LogP contribution in [0.15, 0.2) is 12.1 Å². The molecule has 0 bridgehead atoms. The van der Waals surface area contributed by atoms with E-state index in [0.29, 0.717) is 30.3 Å². The van der Waals surface area contributed by atoms with E-state index < -0.39 is 0 Å². The molecule has 0 saturated carbocycles. The van der Waals surface area contributed by atoms with Crippen LogP contribution in [0.25, 0.3) is 0 Å². The van der Waals surface area contributed by atoms with E-state index in [1.807, 2.05) is 19.9 Å². The van der Waals surface area contributed by atoms with Crippen LogP contribution in [-0.2, 0) is 16.1 Å². The van der Waals surface area contributed by atoms with Crippen LogP contribution in [0, 0.1) is 3.57 Å². The monoisotopic (exact) mass is 382 g/mol. The van der Waals surface area contributed by atoms with Gasteiger partial charge in [-0.1, -0.05) is 0 Å². The van der Waals surface area contributed by atoms with Crippen molar-refractivity contribution in [2.24, 2.45) is 0 Å². The normalized spacial score (nSPS) is 10.5. The molecule has 0 aromatic heterocycles. The second kappa shape index (κ2) is 9.35. The number of benzene rings is 1. The average Bonchev–Trinajstić information content (AvgIpc) is 2.41. The minimum absolute atomic E-state index is 0.122. The Bertz CT molecular complexity index is 384. The molecule has 0 unspecified atom stereocenters. The van der Waals surface area contributed by atoms with Crippen molar-refractivity contribution in [1.82, 2.24) is 0 Å². The third-order valence-electron chi connectivity index (χ3n) is 2.29. The molecule has 0 radical (unpaired) electrons. The van der Waals surface area contributed by atoms with Gasteiger partial charge < -0.3 is 24.1 Å². The molecule has 108 valence electrons. The molecule has 1 rings (SSSR count). The Morgan fingerprint density at radius 1 is 1.00 bits per heavy atom. The van der Waals surface area contributed by atoms with E-state index in [2.05, 4.69) is 22.6 Å². The smallest absolute Gasteiger partial charge is 0.189 e. The van der Waals surface area contributed by atoms with Gasteiger partial charge in [-0.15, -0.1) is 0 Å². The van der Waals surface area contributed by atoms with Crippen LogP contribution in [0.3, 0.4) is 0 Å². The molecule has 1 aromatic carbocycles. The summed E-state index contributed by atoms with van der Waals surface area (Å²) in [6, 6.07) is 3.56. The zero-order chi connectivity index (χ0) is 14.1. The Hall–Kier alpha value is -0.570. The van der Waals surface area contributed by atoms with Crippen LogP contribution >= 0.6 is 22.6 Å². The van der Waals surface area contributed by atoms with Crippen LogP contribution in [0.5, 0.6) is 11.5 Å². The summed E-state index contributed by atoms with van der Waals surface area (Å²) in [7, 11) is 0. The van der Waals surface area contributed by atoms with Crippen LogP contribution in [0.2, 0.25) is 0 Å². The molecule has 0 saturated heterocycles. The fourth-order valence-electron chi connectivity index (χ4n) is 1.32. The second-order valence-electron chi connectivity index (χ2n) is 3.56. The fourth-order valence-corrected chi connectivity index (χ4v) is 1.92. The van der Waals surface area contributed by atoms with Crippen molar-refractivity contribution in [3.63, 3.8) is 0 Å². The standard InChI is InChI=1S/C13H19IO5/c1-3-16-8-18-12-6-11(14)13(5-10(12)7-15)19-9-17-4-2/h5-6,15H,3-4,7-9H2,1-2H3. The van der Waals surface area contributed by atoms with E-state index >= 15 is 0 Å². The topological polar surface area (TPSA) is 57.2 Å². The van der Waals surface area contributed by atoms with Gasteiger partial charge in [0.05, 0.1) is 10.2 Å². The second-order valence-corrected chi connectivity index (χ2v) is 4.72. The predicted octanol–water partition coefficient (Wildman–Crippen LogP) is 2.53. The summed E-state index contributed by atoms with van der Waals surface area (Å²) in [5.74, 6) is 1.27. The Labute approximate surface area is 126 Å². The highest BCUT2D eigenvalue weighted by molar-refractivity contribution is 14.1. The zero-order valence-corrected chi connectivity index (χ0v) is 13.3. The first-order valence-corrected chi connectivity index (χ1v) is 7.15. The molecule has 0 aliphatic carbocycles. The predicted molar refractivity (Wildman–Crippen MR) is 79.3 cm³/mol. The first-order chi connectivity index (χ1) is 9.22. The lowest BCUT2D eigenvalue weighted by atomic mass is 10.2. The minimum atomic E-state index is -0.122. The highest BCUT2D eigenvalue weighted by Gasteiger charge is 2.10. The fraction of sp³-hybridized carbons (Fsp3) is 0.538. The van der Waals surface area contributed by atoms with Gasteiger partial charge in [0.25, 0.3) is 0 Å². The lowest BCUT2D eigenvalue weighted by Crippen LogP contribution is -2.07. The van der Waals surface area contributed by atoms with Crippen molar-refractivity contribution in [2.45, 2.75) is 20.5 Å². The van der Waals surface area contributed by atoms with Gasteiger partial charge in [-0.2, -0.15) is 0 Å². The van der Waals surface area contributed by atoms with E-state index in [-0.39, 0.29) is 20.2 Å². The molecular formula is C13H19IO5. The molecular weight excluding hydrogens is 363 g/mol. The summed E-state index contributed by atoms with van der Waals surface area (Å²) in [5.41, 5.74) is 0.659. The molecule has 0 fully saturated rings. The van der Waals surface area contributed by atoms with Gasteiger partial charge >= 0.3 is 0 Å². The number of rotatable bonds is 9. The number of aliphatic hydroxyl groups is 1. The third kappa shape index (κ3) is 5.52. The van der Waals surface area contributed by atoms with Crippen LogP contribution in [0.1, 0.15) is 19.4 Å². The average molecular weight is 382 g/mol. The zero-order valence-electron chi connectivity index (χ0n) is 11.1. The summed E-state index contributed by atoms with van der Waals surface area (Å²) < 4.78 is 22.1. The summed E-state index contributed by atoms with van der Waals surface area (Å²) in [4.78, 5) is 0. The van der Waals surface area contributed by atoms with E-state index in [1.165, 1.54) is 0 Å². The molecule has 0 aliphatic heterocycles. The maximum Gasteiger partial charge on any atom is 0.189 e. The number of hydrogen-bond donors (Lipinski definition) is 1. The van der Waals surface area contributed by atoms with Gasteiger partial charge in [-0.3, -0.25) is 0 Å². The lowest BCUT2D eigenvalue weighted by Gasteiger charge is -2.14. The SMILES string of the molecule is CCOCOc1cc(CO)c(OCOCC)cc1I. The highest BCUT2D eigenvalue weighted by atomic mass is 127. The van der Waals surface area contributed by atoms with Gasteiger partial charge in [-0.25, -0.2) is 0 Å². The maximum absolute atomic E-state index is 9.35. The van der Waals surface area contributed by atoms with Crippen molar-refractivity contribution in [2.75, 3.05) is 26.8 Å². The van der Waals surface area contributed by atoms with Crippen LogP contribution < -0.4 is 9.47 Å². The van der Waals surface area contributed by atoms with E-state index in [4.69, 9.17) is 18.9 Å². The van der Waals surface area contributed by atoms with Crippen molar-refractivity contribution in [3.8, 4) is 11.5 Å². The number of aliphatic hydroxyl groups excluding tert-OH is 1. The Morgan fingerprint density at radius 2 is 1.58 bits per heavy atom. The molecule has 0 amide bonds. The molecule has 19 heavy (non-hydrogen) atoms. The van der Waals surface area contributed by atoms with Gasteiger partial charge in [0.1, 0.15) is 11.5 Å². The molecule has 5 nitrogen and oxygen atoms in total. The van der Waals surface area contributed by atoms with Gasteiger partial charge in [0.15, 0.2) is 13.6 Å². The molecule has 6 heteroatoms. The Balaban J connectivity index is 2.75. The minimum Gasteiger partial charge on any atom is -0.467 e. The molecule has 1 N–H and O–H groups in total. The summed E-state index contributed by atoms with van der Waals surface area (Å²) in [6.07, 6.45) is 0. The van der Waals surface area contributed by atoms with Gasteiger partial charge in [-0.05, 0) is 48.6 Å². The highest BCUT2D eigenvalue weighted by Crippen LogP contribution is 2.30. The summed E-state index contributed by atoms with van der Waals surface area (Å²) >= 11 is 2.15. The molecule has 0 spiro atoms.